The van der Waals surface area contributed by atoms with Crippen molar-refractivity contribution >= 4 is 27.5 Å². The molecular formula is C22H23N5O4S. The molecule has 0 radical (unpaired) electrons. The molecule has 9 nitrogen and oxygen atoms in total. The Bertz CT molecular complexity index is 1260. The van der Waals surface area contributed by atoms with Gasteiger partial charge in [0.1, 0.15) is 11.6 Å². The van der Waals surface area contributed by atoms with Crippen molar-refractivity contribution in [1.29, 1.82) is 0 Å². The zero-order chi connectivity index (χ0) is 22.3. The fraction of sp³-hybridized carbons (Fsp3) is 0.273. The van der Waals surface area contributed by atoms with E-state index in [1.165, 1.54) is 12.1 Å². The standard InChI is InChI=1S/C22H23N5O4S/c23-32(29,30)18-6-4-16(5-7-18)27-9-8-19-20(15-2-1-3-17(28)14-15)24-22(25-21(19)27)26-10-12-31-13-11-26/h1-7,14,28H,8-13H2,(H2,23,29,30). The van der Waals surface area contributed by atoms with E-state index in [9.17, 15) is 13.5 Å². The van der Waals surface area contributed by atoms with Crippen molar-refractivity contribution in [2.24, 2.45) is 5.14 Å². The average molecular weight is 454 g/mol. The monoisotopic (exact) mass is 453 g/mol. The predicted molar refractivity (Wildman–Crippen MR) is 121 cm³/mol. The van der Waals surface area contributed by atoms with E-state index in [2.05, 4.69) is 9.80 Å². The molecule has 0 spiro atoms. The van der Waals surface area contributed by atoms with Gasteiger partial charge in [-0.3, -0.25) is 0 Å². The van der Waals surface area contributed by atoms with Gasteiger partial charge in [-0.25, -0.2) is 18.5 Å². The number of primary sulfonamides is 1. The maximum absolute atomic E-state index is 11.6. The Morgan fingerprint density at radius 3 is 2.44 bits per heavy atom. The lowest BCUT2D eigenvalue weighted by Crippen LogP contribution is -2.37. The van der Waals surface area contributed by atoms with Crippen LogP contribution in [0.1, 0.15) is 5.56 Å². The number of hydrogen-bond donors (Lipinski definition) is 2. The Hall–Kier alpha value is -3.21. The summed E-state index contributed by atoms with van der Waals surface area (Å²) in [5.74, 6) is 1.57. The molecule has 2 aromatic carbocycles. The first-order valence-corrected chi connectivity index (χ1v) is 11.9. The van der Waals surface area contributed by atoms with Crippen LogP contribution in [0.15, 0.2) is 53.4 Å². The van der Waals surface area contributed by atoms with E-state index in [0.717, 1.165) is 34.7 Å². The van der Waals surface area contributed by atoms with Crippen molar-refractivity contribution in [2.45, 2.75) is 11.3 Å². The normalized spacial score (nSPS) is 16.3. The molecule has 0 aliphatic carbocycles. The van der Waals surface area contributed by atoms with E-state index in [0.29, 0.717) is 38.8 Å². The smallest absolute Gasteiger partial charge is 0.238 e. The zero-order valence-electron chi connectivity index (χ0n) is 17.3. The van der Waals surface area contributed by atoms with Crippen LogP contribution in [0.3, 0.4) is 0 Å². The minimum absolute atomic E-state index is 0.0674. The summed E-state index contributed by atoms with van der Waals surface area (Å²) in [6.45, 7) is 3.29. The molecule has 1 aromatic heterocycles. The number of nitrogens with two attached hydrogens (primary N) is 1. The topological polar surface area (TPSA) is 122 Å². The molecular weight excluding hydrogens is 430 g/mol. The molecule has 2 aliphatic rings. The highest BCUT2D eigenvalue weighted by Crippen LogP contribution is 2.40. The number of nitrogens with zero attached hydrogens (tertiary/aromatic N) is 4. The van der Waals surface area contributed by atoms with Gasteiger partial charge in [0.2, 0.25) is 16.0 Å². The quantitative estimate of drug-likeness (QED) is 0.615. The van der Waals surface area contributed by atoms with Gasteiger partial charge in [-0.2, -0.15) is 4.98 Å². The molecule has 1 saturated heterocycles. The van der Waals surface area contributed by atoms with Gasteiger partial charge in [-0.15, -0.1) is 0 Å². The van der Waals surface area contributed by atoms with Gasteiger partial charge in [-0.05, 0) is 42.8 Å². The number of rotatable bonds is 4. The van der Waals surface area contributed by atoms with Gasteiger partial charge in [0, 0.05) is 36.4 Å². The van der Waals surface area contributed by atoms with E-state index < -0.39 is 10.0 Å². The Morgan fingerprint density at radius 2 is 1.75 bits per heavy atom. The maximum atomic E-state index is 11.6. The summed E-state index contributed by atoms with van der Waals surface area (Å²) in [4.78, 5) is 14.0. The van der Waals surface area contributed by atoms with Crippen molar-refractivity contribution in [2.75, 3.05) is 42.6 Å². The predicted octanol–water partition coefficient (Wildman–Crippen LogP) is 2.03. The van der Waals surface area contributed by atoms with Crippen LogP contribution >= 0.6 is 0 Å². The summed E-state index contributed by atoms with van der Waals surface area (Å²) in [6.07, 6.45) is 0.723. The summed E-state index contributed by atoms with van der Waals surface area (Å²) in [6, 6.07) is 13.5. The first-order valence-electron chi connectivity index (χ1n) is 10.3. The Kier molecular flexibility index (Phi) is 5.20. The maximum Gasteiger partial charge on any atom is 0.238 e. The number of anilines is 3. The fourth-order valence-electron chi connectivity index (χ4n) is 4.11. The highest BCUT2D eigenvalue weighted by Gasteiger charge is 2.29. The van der Waals surface area contributed by atoms with Crippen LogP contribution < -0.4 is 14.9 Å². The van der Waals surface area contributed by atoms with E-state index in [-0.39, 0.29) is 10.6 Å². The van der Waals surface area contributed by atoms with Crippen LogP contribution in [0.25, 0.3) is 11.3 Å². The number of aromatic nitrogens is 2. The zero-order valence-corrected chi connectivity index (χ0v) is 18.1. The van der Waals surface area contributed by atoms with Gasteiger partial charge in [-0.1, -0.05) is 12.1 Å². The van der Waals surface area contributed by atoms with Crippen LogP contribution in [-0.2, 0) is 21.2 Å². The lowest BCUT2D eigenvalue weighted by atomic mass is 10.1. The minimum atomic E-state index is -3.76. The minimum Gasteiger partial charge on any atom is -0.508 e. The number of phenolic OH excluding ortho intramolecular Hbond substituents is 1. The van der Waals surface area contributed by atoms with E-state index in [4.69, 9.17) is 19.8 Å². The Morgan fingerprint density at radius 1 is 1.00 bits per heavy atom. The second-order valence-corrected chi connectivity index (χ2v) is 9.33. The molecule has 5 rings (SSSR count). The number of morpholine rings is 1. The Balaban J connectivity index is 1.61. The molecule has 0 saturated carbocycles. The van der Waals surface area contributed by atoms with Crippen LogP contribution in [0.4, 0.5) is 17.5 Å². The second-order valence-electron chi connectivity index (χ2n) is 7.76. The van der Waals surface area contributed by atoms with Crippen LogP contribution in [0.5, 0.6) is 5.75 Å². The van der Waals surface area contributed by atoms with Gasteiger partial charge in [0.05, 0.1) is 23.8 Å². The second kappa shape index (κ2) is 8.05. The lowest BCUT2D eigenvalue weighted by molar-refractivity contribution is 0.122. The number of ether oxygens (including phenoxy) is 1. The van der Waals surface area contributed by atoms with Gasteiger partial charge < -0.3 is 19.6 Å². The van der Waals surface area contributed by atoms with Crippen LogP contribution in [0, 0.1) is 0 Å². The number of benzene rings is 2. The highest BCUT2D eigenvalue weighted by atomic mass is 32.2. The van der Waals surface area contributed by atoms with Gasteiger partial charge in [0.15, 0.2) is 0 Å². The molecule has 3 heterocycles. The molecule has 0 unspecified atom stereocenters. The van der Waals surface area contributed by atoms with Crippen molar-refractivity contribution in [3.63, 3.8) is 0 Å². The summed E-state index contributed by atoms with van der Waals surface area (Å²) < 4.78 is 28.7. The van der Waals surface area contributed by atoms with Crippen molar-refractivity contribution in [1.82, 2.24) is 9.97 Å². The molecule has 10 heteroatoms. The third kappa shape index (κ3) is 3.88. The number of hydrogen-bond acceptors (Lipinski definition) is 8. The molecule has 0 bridgehead atoms. The first kappa shape index (κ1) is 20.7. The summed E-state index contributed by atoms with van der Waals surface area (Å²) in [5.41, 5.74) is 3.42. The van der Waals surface area contributed by atoms with Crippen molar-refractivity contribution in [3.8, 4) is 17.0 Å². The molecule has 0 amide bonds. The third-order valence-electron chi connectivity index (χ3n) is 5.70. The molecule has 1 fully saturated rings. The van der Waals surface area contributed by atoms with E-state index >= 15 is 0 Å². The van der Waals surface area contributed by atoms with Crippen molar-refractivity contribution in [3.05, 3.63) is 54.1 Å². The molecule has 2 aliphatic heterocycles. The summed E-state index contributed by atoms with van der Waals surface area (Å²) >= 11 is 0. The van der Waals surface area contributed by atoms with Gasteiger partial charge >= 0.3 is 0 Å². The number of aromatic hydroxyl groups is 1. The summed E-state index contributed by atoms with van der Waals surface area (Å²) in [5, 5.41) is 15.3. The van der Waals surface area contributed by atoms with Crippen LogP contribution in [0.2, 0.25) is 0 Å². The van der Waals surface area contributed by atoms with Crippen LogP contribution in [-0.4, -0.2) is 56.3 Å². The van der Waals surface area contributed by atoms with E-state index in [1.807, 2.05) is 6.07 Å². The number of sulfonamides is 1. The largest absolute Gasteiger partial charge is 0.508 e. The Labute approximate surface area is 186 Å². The molecule has 166 valence electrons. The molecule has 3 N–H and O–H groups in total. The number of phenols is 1. The SMILES string of the molecule is NS(=O)(=O)c1ccc(N2CCc3c(-c4cccc(O)c4)nc(N4CCOCC4)nc32)cc1. The first-order chi connectivity index (χ1) is 15.4. The third-order valence-corrected chi connectivity index (χ3v) is 6.63. The number of fused-ring (bicyclic) bond motifs is 1. The van der Waals surface area contributed by atoms with E-state index in [1.54, 1.807) is 30.3 Å². The van der Waals surface area contributed by atoms with Gasteiger partial charge in [0.25, 0.3) is 0 Å². The summed E-state index contributed by atoms with van der Waals surface area (Å²) in [7, 11) is -3.76. The van der Waals surface area contributed by atoms with Crippen molar-refractivity contribution < 1.29 is 18.3 Å². The molecule has 32 heavy (non-hydrogen) atoms. The fourth-order valence-corrected chi connectivity index (χ4v) is 4.62. The molecule has 0 atom stereocenters. The molecule has 3 aromatic rings. The highest BCUT2D eigenvalue weighted by molar-refractivity contribution is 7.89. The lowest BCUT2D eigenvalue weighted by Gasteiger charge is -2.28. The average Bonchev–Trinajstić information content (AvgIpc) is 3.22.